The number of nitrogens with one attached hydrogen (secondary N) is 1. The van der Waals surface area contributed by atoms with Gasteiger partial charge in [0.2, 0.25) is 11.8 Å². The van der Waals surface area contributed by atoms with Crippen LogP contribution >= 0.6 is 23.1 Å². The molecule has 0 aliphatic carbocycles. The van der Waals surface area contributed by atoms with Crippen molar-refractivity contribution in [2.45, 2.75) is 58.2 Å². The predicted molar refractivity (Wildman–Crippen MR) is 141 cm³/mol. The maximum absolute atomic E-state index is 13.5. The van der Waals surface area contributed by atoms with E-state index in [9.17, 15) is 9.59 Å². The molecule has 1 unspecified atom stereocenters. The topological polar surface area (TPSA) is 67.2 Å². The number of carbonyl (C=O) groups excluding carboxylic acids is 2. The number of thiophene rings is 1. The zero-order valence-electron chi connectivity index (χ0n) is 20.6. The van der Waals surface area contributed by atoms with E-state index in [1.54, 1.807) is 28.0 Å². The first-order valence-electron chi connectivity index (χ1n) is 11.5. The summed E-state index contributed by atoms with van der Waals surface area (Å²) in [4.78, 5) is 29.2. The van der Waals surface area contributed by atoms with Gasteiger partial charge in [-0.3, -0.25) is 14.5 Å². The second-order valence-corrected chi connectivity index (χ2v) is 12.1. The van der Waals surface area contributed by atoms with Crippen molar-refractivity contribution in [3.8, 4) is 5.69 Å². The lowest BCUT2D eigenvalue weighted by atomic mass is 9.88. The standard InChI is InChI=1S/C26H32N4O2S2/c1-16(2)27-20(31)14-29-21(32)15-34-23(19-11-8-12-33-19)22-24(26(4,5)6)28-30(25(22)29)18-10-7-9-17(3)13-18/h7-13,16,23H,14-15H2,1-6H3,(H,27,31). The lowest BCUT2D eigenvalue weighted by molar-refractivity contribution is -0.123. The number of carbonyl (C=O) groups is 2. The molecule has 1 atom stereocenters. The van der Waals surface area contributed by atoms with Crippen LogP contribution in [0.2, 0.25) is 0 Å². The summed E-state index contributed by atoms with van der Waals surface area (Å²) in [6.45, 7) is 12.3. The Morgan fingerprint density at radius 3 is 2.62 bits per heavy atom. The maximum Gasteiger partial charge on any atom is 0.240 e. The highest BCUT2D eigenvalue weighted by Gasteiger charge is 2.40. The molecule has 2 amide bonds. The van der Waals surface area contributed by atoms with E-state index in [1.165, 1.54) is 4.88 Å². The summed E-state index contributed by atoms with van der Waals surface area (Å²) in [5, 5.41) is 10.1. The van der Waals surface area contributed by atoms with Crippen LogP contribution in [0, 0.1) is 6.92 Å². The fourth-order valence-corrected chi connectivity index (χ4v) is 6.36. The van der Waals surface area contributed by atoms with E-state index in [0.29, 0.717) is 11.6 Å². The van der Waals surface area contributed by atoms with Crippen LogP contribution in [0.15, 0.2) is 41.8 Å². The van der Waals surface area contributed by atoms with E-state index in [2.05, 4.69) is 43.6 Å². The Labute approximate surface area is 209 Å². The molecule has 8 heteroatoms. The normalized spacial score (nSPS) is 16.5. The molecule has 1 aromatic carbocycles. The predicted octanol–water partition coefficient (Wildman–Crippen LogP) is 5.23. The SMILES string of the molecule is Cc1cccc(-n2nc(C(C)(C)C)c3c2N(CC(=O)NC(C)C)C(=O)CSC3c2cccs2)c1. The van der Waals surface area contributed by atoms with E-state index >= 15 is 0 Å². The number of nitrogens with zero attached hydrogens (tertiary/aromatic N) is 3. The van der Waals surface area contributed by atoms with Crippen LogP contribution in [0.25, 0.3) is 5.69 Å². The molecule has 1 N–H and O–H groups in total. The van der Waals surface area contributed by atoms with Crippen LogP contribution < -0.4 is 10.2 Å². The van der Waals surface area contributed by atoms with Crippen LogP contribution in [0.1, 0.15) is 61.6 Å². The van der Waals surface area contributed by atoms with Crippen LogP contribution in [0.5, 0.6) is 0 Å². The third kappa shape index (κ3) is 4.93. The highest BCUT2D eigenvalue weighted by molar-refractivity contribution is 8.00. The summed E-state index contributed by atoms with van der Waals surface area (Å²) < 4.78 is 1.87. The molecule has 0 saturated carbocycles. The van der Waals surface area contributed by atoms with Gasteiger partial charge in [0.1, 0.15) is 12.4 Å². The smallest absolute Gasteiger partial charge is 0.240 e. The average Bonchev–Trinajstić information content (AvgIpc) is 3.38. The Morgan fingerprint density at radius 2 is 2.00 bits per heavy atom. The molecule has 0 fully saturated rings. The molecular weight excluding hydrogens is 464 g/mol. The molecule has 34 heavy (non-hydrogen) atoms. The summed E-state index contributed by atoms with van der Waals surface area (Å²) in [5.41, 5.74) is 3.69. The van der Waals surface area contributed by atoms with Crippen LogP contribution in [-0.4, -0.2) is 39.9 Å². The van der Waals surface area contributed by atoms with Gasteiger partial charge in [0.15, 0.2) is 0 Å². The van der Waals surface area contributed by atoms with Gasteiger partial charge < -0.3 is 5.32 Å². The van der Waals surface area contributed by atoms with Gasteiger partial charge in [-0.2, -0.15) is 5.10 Å². The third-order valence-electron chi connectivity index (χ3n) is 5.60. The van der Waals surface area contributed by atoms with Gasteiger partial charge in [-0.05, 0) is 49.9 Å². The number of anilines is 1. The number of hydrogen-bond donors (Lipinski definition) is 1. The largest absolute Gasteiger partial charge is 0.352 e. The Bertz CT molecular complexity index is 1190. The number of aromatic nitrogens is 2. The molecule has 0 bridgehead atoms. The van der Waals surface area contributed by atoms with Crippen molar-refractivity contribution in [1.29, 1.82) is 0 Å². The van der Waals surface area contributed by atoms with Gasteiger partial charge in [-0.25, -0.2) is 4.68 Å². The lowest BCUT2D eigenvalue weighted by Gasteiger charge is -2.24. The zero-order chi connectivity index (χ0) is 24.6. The van der Waals surface area contributed by atoms with Crippen molar-refractivity contribution < 1.29 is 9.59 Å². The summed E-state index contributed by atoms with van der Waals surface area (Å²) >= 11 is 3.30. The van der Waals surface area contributed by atoms with Crippen molar-refractivity contribution in [3.63, 3.8) is 0 Å². The summed E-state index contributed by atoms with van der Waals surface area (Å²) in [7, 11) is 0. The Morgan fingerprint density at radius 1 is 1.24 bits per heavy atom. The molecule has 3 aromatic rings. The van der Waals surface area contributed by atoms with Crippen molar-refractivity contribution in [3.05, 3.63) is 63.5 Å². The first-order valence-corrected chi connectivity index (χ1v) is 13.4. The Hall–Kier alpha value is -2.58. The number of aryl methyl sites for hydroxylation is 1. The monoisotopic (exact) mass is 496 g/mol. The van der Waals surface area contributed by atoms with Crippen molar-refractivity contribution in [2.75, 3.05) is 17.2 Å². The molecular formula is C26H32N4O2S2. The van der Waals surface area contributed by atoms with E-state index in [1.807, 2.05) is 49.7 Å². The van der Waals surface area contributed by atoms with Crippen molar-refractivity contribution in [2.24, 2.45) is 0 Å². The molecule has 180 valence electrons. The second-order valence-electron chi connectivity index (χ2n) is 10.00. The van der Waals surface area contributed by atoms with Crippen LogP contribution in [-0.2, 0) is 15.0 Å². The highest BCUT2D eigenvalue weighted by atomic mass is 32.2. The van der Waals surface area contributed by atoms with Gasteiger partial charge in [-0.15, -0.1) is 23.1 Å². The molecule has 0 saturated heterocycles. The van der Waals surface area contributed by atoms with Gasteiger partial charge >= 0.3 is 0 Å². The fourth-order valence-electron chi connectivity index (χ4n) is 4.19. The summed E-state index contributed by atoms with van der Waals surface area (Å²) in [5.74, 6) is 0.730. The third-order valence-corrected chi connectivity index (χ3v) is 7.92. The minimum atomic E-state index is -0.255. The van der Waals surface area contributed by atoms with Crippen molar-refractivity contribution >= 4 is 40.7 Å². The first kappa shape index (κ1) is 24.5. The minimum Gasteiger partial charge on any atom is -0.352 e. The lowest BCUT2D eigenvalue weighted by Crippen LogP contribution is -2.44. The van der Waals surface area contributed by atoms with Gasteiger partial charge in [0, 0.05) is 21.9 Å². The molecule has 6 nitrogen and oxygen atoms in total. The summed E-state index contributed by atoms with van der Waals surface area (Å²) in [6, 6.07) is 12.3. The van der Waals surface area contributed by atoms with Gasteiger partial charge in [0.25, 0.3) is 0 Å². The number of amides is 2. The van der Waals surface area contributed by atoms with E-state index in [-0.39, 0.29) is 35.1 Å². The van der Waals surface area contributed by atoms with Crippen molar-refractivity contribution in [1.82, 2.24) is 15.1 Å². The second kappa shape index (κ2) is 9.58. The molecule has 0 spiro atoms. The minimum absolute atomic E-state index is 0.00545. The molecule has 4 rings (SSSR count). The fraction of sp³-hybridized carbons (Fsp3) is 0.423. The number of thioether (sulfide) groups is 1. The van der Waals surface area contributed by atoms with Gasteiger partial charge in [-0.1, -0.05) is 39.0 Å². The van der Waals surface area contributed by atoms with Gasteiger partial charge in [0.05, 0.1) is 22.4 Å². The molecule has 3 heterocycles. The van der Waals surface area contributed by atoms with E-state index in [0.717, 1.165) is 22.5 Å². The molecule has 1 aliphatic heterocycles. The Balaban J connectivity index is 2.00. The number of rotatable bonds is 5. The van der Waals surface area contributed by atoms with E-state index in [4.69, 9.17) is 5.10 Å². The molecule has 1 aliphatic rings. The number of hydrogen-bond acceptors (Lipinski definition) is 5. The molecule has 0 radical (unpaired) electrons. The highest BCUT2D eigenvalue weighted by Crippen LogP contribution is 2.49. The molecule has 2 aromatic heterocycles. The van der Waals surface area contributed by atoms with E-state index < -0.39 is 0 Å². The number of benzene rings is 1. The summed E-state index contributed by atoms with van der Waals surface area (Å²) in [6.07, 6.45) is 0. The Kier molecular flexibility index (Phi) is 6.92. The quantitative estimate of drug-likeness (QED) is 0.525. The average molecular weight is 497 g/mol. The maximum atomic E-state index is 13.5. The van der Waals surface area contributed by atoms with Crippen LogP contribution in [0.3, 0.4) is 0 Å². The number of fused-ring (bicyclic) bond motifs is 1. The first-order chi connectivity index (χ1) is 16.1. The van der Waals surface area contributed by atoms with Crippen LogP contribution in [0.4, 0.5) is 5.82 Å². The zero-order valence-corrected chi connectivity index (χ0v) is 22.2.